The summed E-state index contributed by atoms with van der Waals surface area (Å²) in [7, 11) is 4.05. The van der Waals surface area contributed by atoms with Crippen molar-refractivity contribution in [2.24, 2.45) is 0 Å². The molecule has 8 nitrogen and oxygen atoms in total. The summed E-state index contributed by atoms with van der Waals surface area (Å²) in [6, 6.07) is 3.83. The van der Waals surface area contributed by atoms with Crippen LogP contribution in [0.5, 0.6) is 5.75 Å². The van der Waals surface area contributed by atoms with E-state index < -0.39 is 0 Å². The number of hydrogen-bond donors (Lipinski definition) is 1. The van der Waals surface area contributed by atoms with Crippen molar-refractivity contribution in [3.8, 4) is 17.3 Å². The molecule has 4 rings (SSSR count). The van der Waals surface area contributed by atoms with Gasteiger partial charge >= 0.3 is 0 Å². The lowest BCUT2D eigenvalue weighted by molar-refractivity contribution is -0.121. The van der Waals surface area contributed by atoms with Crippen LogP contribution in [0, 0.1) is 0 Å². The number of carbonyl (C=O) groups is 1. The van der Waals surface area contributed by atoms with Crippen LogP contribution < -0.4 is 15.0 Å². The molecule has 1 saturated heterocycles. The summed E-state index contributed by atoms with van der Waals surface area (Å²) in [6.45, 7) is 8.24. The van der Waals surface area contributed by atoms with Crippen LogP contribution in [-0.2, 0) is 17.6 Å². The summed E-state index contributed by atoms with van der Waals surface area (Å²) in [6.07, 6.45) is 7.05. The molecule has 1 aliphatic heterocycles. The number of aromatic nitrogens is 3. The fraction of sp³-hybridized carbons (Fsp3) is 0.600. The largest absolute Gasteiger partial charge is 0.489 e. The van der Waals surface area contributed by atoms with E-state index in [0.29, 0.717) is 11.5 Å². The monoisotopic (exact) mass is 452 g/mol. The van der Waals surface area contributed by atoms with Crippen LogP contribution >= 0.6 is 0 Å². The van der Waals surface area contributed by atoms with Crippen LogP contribution in [0.2, 0.25) is 0 Å². The van der Waals surface area contributed by atoms with Crippen molar-refractivity contribution in [1.29, 1.82) is 0 Å². The van der Waals surface area contributed by atoms with E-state index in [1.54, 1.807) is 6.20 Å². The van der Waals surface area contributed by atoms with E-state index in [4.69, 9.17) is 14.7 Å². The number of anilines is 1. The average molecular weight is 453 g/mol. The third-order valence-electron chi connectivity index (χ3n) is 6.01. The summed E-state index contributed by atoms with van der Waals surface area (Å²) in [5.74, 6) is 2.17. The smallest absolute Gasteiger partial charge is 0.239 e. The number of fused-ring (bicyclic) bond motifs is 1. The molecule has 0 bridgehead atoms. The maximum Gasteiger partial charge on any atom is 0.239 e. The number of piperidine rings is 1. The van der Waals surface area contributed by atoms with Crippen LogP contribution in [0.15, 0.2) is 18.3 Å². The molecule has 0 spiro atoms. The van der Waals surface area contributed by atoms with Crippen LogP contribution in [0.3, 0.4) is 0 Å². The van der Waals surface area contributed by atoms with E-state index >= 15 is 0 Å². The number of carbonyl (C=O) groups excluding carboxylic acids is 1. The van der Waals surface area contributed by atoms with Gasteiger partial charge < -0.3 is 19.9 Å². The van der Waals surface area contributed by atoms with Gasteiger partial charge in [-0.05, 0) is 72.5 Å². The number of nitrogens with zero attached hydrogens (tertiary/aromatic N) is 5. The maximum absolute atomic E-state index is 12.5. The highest BCUT2D eigenvalue weighted by Gasteiger charge is 2.25. The average Bonchev–Trinajstić information content (AvgIpc) is 3.20. The number of rotatable bonds is 6. The normalized spacial score (nSPS) is 18.6. The quantitative estimate of drug-likeness (QED) is 0.722. The molecule has 0 saturated carbocycles. The number of ether oxygens (including phenoxy) is 1. The van der Waals surface area contributed by atoms with Crippen LogP contribution in [0.1, 0.15) is 51.3 Å². The van der Waals surface area contributed by atoms with Gasteiger partial charge in [-0.25, -0.2) is 9.97 Å². The molecule has 0 unspecified atom stereocenters. The molecule has 1 N–H and O–H groups in total. The Hall–Kier alpha value is -2.74. The predicted octanol–water partition coefficient (Wildman–Crippen LogP) is 2.85. The lowest BCUT2D eigenvalue weighted by atomic mass is 10.1. The Morgan fingerprint density at radius 3 is 2.85 bits per heavy atom. The predicted molar refractivity (Wildman–Crippen MR) is 130 cm³/mol. The summed E-state index contributed by atoms with van der Waals surface area (Å²) < 4.78 is 6.26. The molecule has 0 radical (unpaired) electrons. The molecule has 2 aromatic rings. The first kappa shape index (κ1) is 23.4. The molecular weight excluding hydrogens is 416 g/mol. The Morgan fingerprint density at radius 2 is 2.09 bits per heavy atom. The minimum atomic E-state index is -0.270. The van der Waals surface area contributed by atoms with Gasteiger partial charge in [-0.3, -0.25) is 9.78 Å². The van der Waals surface area contributed by atoms with E-state index in [0.717, 1.165) is 68.0 Å². The van der Waals surface area contributed by atoms with E-state index in [-0.39, 0.29) is 24.1 Å². The molecule has 178 valence electrons. The number of hydrogen-bond acceptors (Lipinski definition) is 7. The zero-order valence-corrected chi connectivity index (χ0v) is 20.5. The molecular formula is C25H36N6O2. The minimum Gasteiger partial charge on any atom is -0.489 e. The van der Waals surface area contributed by atoms with Gasteiger partial charge in [0.15, 0.2) is 5.82 Å². The number of likely N-dealkylation sites (tertiary alicyclic amines) is 1. The minimum absolute atomic E-state index is 0.0251. The molecule has 2 aliphatic rings. The highest BCUT2D eigenvalue weighted by atomic mass is 16.5. The zero-order chi connectivity index (χ0) is 23.6. The van der Waals surface area contributed by atoms with Gasteiger partial charge in [0.05, 0.1) is 6.54 Å². The molecule has 0 aromatic carbocycles. The third-order valence-corrected chi connectivity index (χ3v) is 6.01. The Balaban J connectivity index is 1.57. The SMILES string of the molecule is CN1CCC[C@H](Oc2ccnc(-c3nc4c(c(N(C)CC(=O)NC(C)(C)C)n3)CCC4)c2)C1. The topological polar surface area (TPSA) is 83.5 Å². The Kier molecular flexibility index (Phi) is 6.83. The Bertz CT molecular complexity index is 1000. The maximum atomic E-state index is 12.5. The fourth-order valence-electron chi connectivity index (χ4n) is 4.61. The van der Waals surface area contributed by atoms with E-state index in [1.807, 2.05) is 44.9 Å². The fourth-order valence-corrected chi connectivity index (χ4v) is 4.61. The van der Waals surface area contributed by atoms with E-state index in [2.05, 4.69) is 22.2 Å². The molecule has 1 fully saturated rings. The molecule has 1 amide bonds. The molecule has 1 atom stereocenters. The number of likely N-dealkylation sites (N-methyl/N-ethyl adjacent to an activating group) is 2. The first-order valence-corrected chi connectivity index (χ1v) is 11.9. The van der Waals surface area contributed by atoms with Crippen molar-refractivity contribution in [1.82, 2.24) is 25.2 Å². The summed E-state index contributed by atoms with van der Waals surface area (Å²) in [5, 5.41) is 3.03. The van der Waals surface area contributed by atoms with Crippen molar-refractivity contribution >= 4 is 11.7 Å². The second-order valence-corrected chi connectivity index (χ2v) is 10.3. The lowest BCUT2D eigenvalue weighted by Gasteiger charge is -2.30. The Labute approximate surface area is 196 Å². The van der Waals surface area contributed by atoms with E-state index in [9.17, 15) is 4.79 Å². The van der Waals surface area contributed by atoms with E-state index in [1.165, 1.54) is 0 Å². The number of aryl methyl sites for hydroxylation is 1. The second kappa shape index (κ2) is 9.63. The molecule has 1 aliphatic carbocycles. The van der Waals surface area contributed by atoms with Gasteiger partial charge in [0.2, 0.25) is 5.91 Å². The van der Waals surface area contributed by atoms with Crippen LogP contribution in [-0.4, -0.2) is 71.1 Å². The summed E-state index contributed by atoms with van der Waals surface area (Å²) in [5.41, 5.74) is 2.62. The highest BCUT2D eigenvalue weighted by Crippen LogP contribution is 2.31. The standard InChI is InChI=1S/C25H36N6O2/c1-25(2,3)29-22(32)16-31(5)24-19-9-6-10-20(19)27-23(28-24)21-14-17(11-12-26-21)33-18-8-7-13-30(4)15-18/h11-12,14,18H,6-10,13,15-16H2,1-5H3,(H,29,32)/t18-/m0/s1. The summed E-state index contributed by atoms with van der Waals surface area (Å²) >= 11 is 0. The molecule has 3 heterocycles. The van der Waals surface area contributed by atoms with Crippen molar-refractivity contribution in [3.63, 3.8) is 0 Å². The van der Waals surface area contributed by atoms with Gasteiger partial charge in [-0.1, -0.05) is 0 Å². The third kappa shape index (κ3) is 5.99. The van der Waals surface area contributed by atoms with Gasteiger partial charge in [-0.2, -0.15) is 0 Å². The zero-order valence-electron chi connectivity index (χ0n) is 20.5. The van der Waals surface area contributed by atoms with Crippen molar-refractivity contribution in [3.05, 3.63) is 29.6 Å². The first-order valence-electron chi connectivity index (χ1n) is 11.9. The summed E-state index contributed by atoms with van der Waals surface area (Å²) in [4.78, 5) is 31.0. The molecule has 2 aromatic heterocycles. The number of amides is 1. The van der Waals surface area contributed by atoms with Crippen molar-refractivity contribution < 1.29 is 9.53 Å². The van der Waals surface area contributed by atoms with Crippen molar-refractivity contribution in [2.75, 3.05) is 38.6 Å². The number of pyridine rings is 1. The van der Waals surface area contributed by atoms with Crippen LogP contribution in [0.25, 0.3) is 11.5 Å². The van der Waals surface area contributed by atoms with Gasteiger partial charge in [0.25, 0.3) is 0 Å². The van der Waals surface area contributed by atoms with Crippen LogP contribution in [0.4, 0.5) is 5.82 Å². The highest BCUT2D eigenvalue weighted by molar-refractivity contribution is 5.82. The van der Waals surface area contributed by atoms with Crippen molar-refractivity contribution in [2.45, 2.75) is 64.5 Å². The lowest BCUT2D eigenvalue weighted by Crippen LogP contribution is -2.45. The van der Waals surface area contributed by atoms with Gasteiger partial charge in [0.1, 0.15) is 23.4 Å². The number of nitrogens with one attached hydrogen (secondary N) is 1. The molecule has 8 heteroatoms. The first-order chi connectivity index (χ1) is 15.7. The van der Waals surface area contributed by atoms with Gasteiger partial charge in [0, 0.05) is 42.7 Å². The Morgan fingerprint density at radius 1 is 1.27 bits per heavy atom. The van der Waals surface area contributed by atoms with Gasteiger partial charge in [-0.15, -0.1) is 0 Å². The second-order valence-electron chi connectivity index (χ2n) is 10.3. The molecule has 33 heavy (non-hydrogen) atoms.